The van der Waals surface area contributed by atoms with Crippen LogP contribution in [0.25, 0.3) is 0 Å². The SMILES string of the molecule is COC(=O)c1cnc(C2(NC(=O)C3=C4CN(C(=O)OC(C)(C)C)CCN4N(C)C3)CC2)nc1. The zero-order valence-electron chi connectivity index (χ0n) is 19.7. The summed E-state index contributed by atoms with van der Waals surface area (Å²) in [6.45, 7) is 7.35. The molecule has 2 fully saturated rings. The molecule has 0 radical (unpaired) electrons. The molecule has 33 heavy (non-hydrogen) atoms. The lowest BCUT2D eigenvalue weighted by molar-refractivity contribution is -0.118. The molecule has 0 spiro atoms. The van der Waals surface area contributed by atoms with Gasteiger partial charge in [-0.1, -0.05) is 0 Å². The number of fused-ring (bicyclic) bond motifs is 1. The molecule has 2 amide bonds. The van der Waals surface area contributed by atoms with E-state index in [4.69, 9.17) is 4.74 Å². The number of ether oxygens (including phenoxy) is 2. The number of piperazine rings is 1. The number of carbonyl (C=O) groups excluding carboxylic acids is 3. The van der Waals surface area contributed by atoms with Crippen molar-refractivity contribution in [3.05, 3.63) is 35.1 Å². The second-order valence-corrected chi connectivity index (χ2v) is 9.59. The number of aromatic nitrogens is 2. The molecule has 0 aromatic carbocycles. The van der Waals surface area contributed by atoms with Gasteiger partial charge in [-0.05, 0) is 33.6 Å². The molecule has 0 bridgehead atoms. The van der Waals surface area contributed by atoms with E-state index in [0.717, 1.165) is 5.70 Å². The second-order valence-electron chi connectivity index (χ2n) is 9.59. The van der Waals surface area contributed by atoms with Gasteiger partial charge in [0.15, 0.2) is 5.82 Å². The summed E-state index contributed by atoms with van der Waals surface area (Å²) in [6.07, 6.45) is 3.85. The zero-order valence-corrected chi connectivity index (χ0v) is 19.7. The quantitative estimate of drug-likeness (QED) is 0.660. The van der Waals surface area contributed by atoms with E-state index in [9.17, 15) is 14.4 Å². The molecule has 1 aromatic heterocycles. The first-order chi connectivity index (χ1) is 15.5. The molecule has 178 valence electrons. The minimum absolute atomic E-state index is 0.205. The summed E-state index contributed by atoms with van der Waals surface area (Å²) in [7, 11) is 3.22. The van der Waals surface area contributed by atoms with Crippen molar-refractivity contribution in [1.82, 2.24) is 30.2 Å². The highest BCUT2D eigenvalue weighted by Crippen LogP contribution is 2.44. The first-order valence-electron chi connectivity index (χ1n) is 10.9. The van der Waals surface area contributed by atoms with Gasteiger partial charge in [0.1, 0.15) is 11.1 Å². The van der Waals surface area contributed by atoms with Crippen LogP contribution in [0.5, 0.6) is 0 Å². The van der Waals surface area contributed by atoms with E-state index in [1.807, 2.05) is 37.8 Å². The number of rotatable bonds is 4. The van der Waals surface area contributed by atoms with Crippen LogP contribution in [0.3, 0.4) is 0 Å². The van der Waals surface area contributed by atoms with Gasteiger partial charge in [0.2, 0.25) is 0 Å². The molecule has 2 aliphatic heterocycles. The highest BCUT2D eigenvalue weighted by molar-refractivity contribution is 5.96. The number of nitrogens with one attached hydrogen (secondary N) is 1. The third-order valence-electron chi connectivity index (χ3n) is 5.91. The third kappa shape index (κ3) is 4.63. The highest BCUT2D eigenvalue weighted by Gasteiger charge is 2.50. The molecule has 11 heteroatoms. The molecule has 1 aliphatic carbocycles. The van der Waals surface area contributed by atoms with E-state index in [1.165, 1.54) is 19.5 Å². The van der Waals surface area contributed by atoms with Crippen LogP contribution in [-0.2, 0) is 19.8 Å². The summed E-state index contributed by atoms with van der Waals surface area (Å²) in [4.78, 5) is 47.7. The molecule has 1 saturated heterocycles. The van der Waals surface area contributed by atoms with Crippen molar-refractivity contribution < 1.29 is 23.9 Å². The standard InChI is InChI=1S/C22H30N6O5/c1-21(2,3)33-20(31)27-8-9-28-16(13-27)15(12-26(28)4)17(29)25-22(6-7-22)19-23-10-14(11-24-19)18(30)32-5/h10-11H,6-9,12-13H2,1-5H3,(H,25,29). The van der Waals surface area contributed by atoms with Gasteiger partial charge in [-0.15, -0.1) is 0 Å². The summed E-state index contributed by atoms with van der Waals surface area (Å²) in [5.74, 6) is -0.247. The zero-order chi connectivity index (χ0) is 24.0. The van der Waals surface area contributed by atoms with Gasteiger partial charge < -0.3 is 24.7 Å². The van der Waals surface area contributed by atoms with Crippen LogP contribution >= 0.6 is 0 Å². The Hall–Kier alpha value is -3.21. The molecule has 1 N–H and O–H groups in total. The Morgan fingerprint density at radius 3 is 2.33 bits per heavy atom. The molecule has 0 atom stereocenters. The summed E-state index contributed by atoms with van der Waals surface area (Å²) < 4.78 is 10.2. The Morgan fingerprint density at radius 2 is 1.76 bits per heavy atom. The van der Waals surface area contributed by atoms with Crippen LogP contribution in [0.1, 0.15) is 49.8 Å². The number of likely N-dealkylation sites (N-methyl/N-ethyl adjacent to an activating group) is 1. The molecule has 11 nitrogen and oxygen atoms in total. The fraction of sp³-hybridized carbons (Fsp3) is 0.591. The van der Waals surface area contributed by atoms with Crippen molar-refractivity contribution in [2.45, 2.75) is 44.8 Å². The molecule has 4 rings (SSSR count). The van der Waals surface area contributed by atoms with E-state index >= 15 is 0 Å². The first kappa shape index (κ1) is 23.0. The number of amides is 2. The first-order valence-corrected chi connectivity index (χ1v) is 10.9. The van der Waals surface area contributed by atoms with Crippen molar-refractivity contribution in [2.75, 3.05) is 40.3 Å². The fourth-order valence-corrected chi connectivity index (χ4v) is 4.03. The lowest BCUT2D eigenvalue weighted by Crippen LogP contribution is -2.50. The van der Waals surface area contributed by atoms with Crippen LogP contribution in [0.2, 0.25) is 0 Å². The number of hydrazine groups is 1. The third-order valence-corrected chi connectivity index (χ3v) is 5.91. The summed E-state index contributed by atoms with van der Waals surface area (Å²) in [6, 6.07) is 0. The normalized spacial score (nSPS) is 19.8. The molecule has 3 heterocycles. The highest BCUT2D eigenvalue weighted by atomic mass is 16.6. The van der Waals surface area contributed by atoms with Crippen molar-refractivity contribution in [1.29, 1.82) is 0 Å². The molecule has 1 aromatic rings. The van der Waals surface area contributed by atoms with Gasteiger partial charge in [-0.2, -0.15) is 0 Å². The average molecular weight is 459 g/mol. The van der Waals surface area contributed by atoms with Crippen LogP contribution in [0.15, 0.2) is 23.7 Å². The fourth-order valence-electron chi connectivity index (χ4n) is 4.03. The van der Waals surface area contributed by atoms with Gasteiger partial charge in [-0.25, -0.2) is 24.6 Å². The lowest BCUT2D eigenvalue weighted by atomic mass is 10.1. The minimum Gasteiger partial charge on any atom is -0.465 e. The topological polar surface area (TPSA) is 117 Å². The Bertz CT molecular complexity index is 996. The maximum Gasteiger partial charge on any atom is 0.410 e. The van der Waals surface area contributed by atoms with Gasteiger partial charge in [-0.3, -0.25) is 4.79 Å². The Morgan fingerprint density at radius 1 is 1.09 bits per heavy atom. The smallest absolute Gasteiger partial charge is 0.410 e. The van der Waals surface area contributed by atoms with E-state index in [0.29, 0.717) is 50.4 Å². The van der Waals surface area contributed by atoms with Gasteiger partial charge in [0.05, 0.1) is 43.6 Å². The van der Waals surface area contributed by atoms with Gasteiger partial charge in [0.25, 0.3) is 5.91 Å². The predicted molar refractivity (Wildman–Crippen MR) is 117 cm³/mol. The number of hydrogen-bond donors (Lipinski definition) is 1. The maximum absolute atomic E-state index is 13.3. The largest absolute Gasteiger partial charge is 0.465 e. The Balaban J connectivity index is 1.50. The predicted octanol–water partition coefficient (Wildman–Crippen LogP) is 1.04. The molecular formula is C22H30N6O5. The second kappa shape index (κ2) is 8.29. The van der Waals surface area contributed by atoms with E-state index in [-0.39, 0.29) is 17.6 Å². The Labute approximate surface area is 192 Å². The molecule has 3 aliphatic rings. The monoisotopic (exact) mass is 458 g/mol. The van der Waals surface area contributed by atoms with Crippen molar-refractivity contribution >= 4 is 18.0 Å². The summed E-state index contributed by atoms with van der Waals surface area (Å²) in [5, 5.41) is 7.12. The van der Waals surface area contributed by atoms with Crippen LogP contribution in [-0.4, -0.2) is 88.8 Å². The minimum atomic E-state index is -0.648. The van der Waals surface area contributed by atoms with Gasteiger partial charge >= 0.3 is 12.1 Å². The van der Waals surface area contributed by atoms with E-state index < -0.39 is 17.1 Å². The van der Waals surface area contributed by atoms with Crippen molar-refractivity contribution in [2.24, 2.45) is 0 Å². The van der Waals surface area contributed by atoms with Crippen LogP contribution < -0.4 is 5.32 Å². The van der Waals surface area contributed by atoms with Crippen molar-refractivity contribution in [3.63, 3.8) is 0 Å². The molecule has 1 saturated carbocycles. The van der Waals surface area contributed by atoms with E-state index in [1.54, 1.807) is 4.90 Å². The number of nitrogens with zero attached hydrogens (tertiary/aromatic N) is 5. The molecular weight excluding hydrogens is 428 g/mol. The van der Waals surface area contributed by atoms with Crippen molar-refractivity contribution in [3.8, 4) is 0 Å². The van der Waals surface area contributed by atoms with Crippen LogP contribution in [0.4, 0.5) is 4.79 Å². The van der Waals surface area contributed by atoms with E-state index in [2.05, 4.69) is 20.0 Å². The number of methoxy groups -OCH3 is 1. The summed E-state index contributed by atoms with van der Waals surface area (Å²) in [5.41, 5.74) is 0.431. The lowest BCUT2D eigenvalue weighted by Gasteiger charge is -2.38. The maximum atomic E-state index is 13.3. The molecule has 0 unspecified atom stereocenters. The Kier molecular flexibility index (Phi) is 5.77. The average Bonchev–Trinajstić information content (AvgIpc) is 3.47. The summed E-state index contributed by atoms with van der Waals surface area (Å²) >= 11 is 0. The van der Waals surface area contributed by atoms with Gasteiger partial charge in [0, 0.05) is 26.0 Å². The number of hydrogen-bond acceptors (Lipinski definition) is 9. The number of esters is 1. The number of carbonyl (C=O) groups is 3. The van der Waals surface area contributed by atoms with Crippen LogP contribution in [0, 0.1) is 0 Å².